The van der Waals surface area contributed by atoms with Crippen LogP contribution in [0.2, 0.25) is 0 Å². The molecular weight excluding hydrogens is 146 g/mol. The van der Waals surface area contributed by atoms with Gasteiger partial charge in [0, 0.05) is 6.61 Å². The highest BCUT2D eigenvalue weighted by Crippen LogP contribution is 2.07. The number of ether oxygens (including phenoxy) is 1. The van der Waals surface area contributed by atoms with Crippen LogP contribution in [0.5, 0.6) is 0 Å². The second kappa shape index (κ2) is 3.73. The van der Waals surface area contributed by atoms with Gasteiger partial charge in [0.25, 0.3) is 0 Å². The van der Waals surface area contributed by atoms with Crippen molar-refractivity contribution in [1.29, 1.82) is 0 Å². The van der Waals surface area contributed by atoms with Crippen molar-refractivity contribution < 1.29 is 9.53 Å². The molecular formula is C6H15NO2Si. The van der Waals surface area contributed by atoms with Gasteiger partial charge in [0.05, 0.1) is 0 Å². The Hall–Kier alpha value is -0.353. The Morgan fingerprint density at radius 2 is 2.20 bits per heavy atom. The van der Waals surface area contributed by atoms with E-state index in [-0.39, 0.29) is 5.91 Å². The van der Waals surface area contributed by atoms with Gasteiger partial charge in [-0.2, -0.15) is 0 Å². The van der Waals surface area contributed by atoms with Gasteiger partial charge in [0.1, 0.15) is 16.0 Å². The number of hydrogen-bond donors (Lipinski definition) is 1. The topological polar surface area (TPSA) is 38.3 Å². The SMILES string of the molecule is CCOC(C)(C)C(=O)N[SiH3]. The maximum Gasteiger partial charge on any atom is 0.243 e. The first-order valence-electron chi connectivity index (χ1n) is 3.40. The van der Waals surface area contributed by atoms with Gasteiger partial charge in [0.15, 0.2) is 0 Å². The van der Waals surface area contributed by atoms with E-state index >= 15 is 0 Å². The third-order valence-corrected chi connectivity index (χ3v) is 1.73. The van der Waals surface area contributed by atoms with Crippen LogP contribution in [0.1, 0.15) is 20.8 Å². The highest BCUT2D eigenvalue weighted by molar-refractivity contribution is 6.15. The van der Waals surface area contributed by atoms with Crippen LogP contribution >= 0.6 is 0 Å². The maximum absolute atomic E-state index is 11.0. The molecule has 0 atom stereocenters. The van der Waals surface area contributed by atoms with Crippen LogP contribution < -0.4 is 4.98 Å². The van der Waals surface area contributed by atoms with E-state index in [2.05, 4.69) is 4.98 Å². The van der Waals surface area contributed by atoms with Crippen LogP contribution in [-0.2, 0) is 9.53 Å². The summed E-state index contributed by atoms with van der Waals surface area (Å²) >= 11 is 0. The largest absolute Gasteiger partial charge is 0.388 e. The molecule has 0 bridgehead atoms. The summed E-state index contributed by atoms with van der Waals surface area (Å²) in [5, 5.41) is 0. The maximum atomic E-state index is 11.0. The van der Waals surface area contributed by atoms with E-state index in [1.54, 1.807) is 13.8 Å². The first kappa shape index (κ1) is 9.65. The highest BCUT2D eigenvalue weighted by atomic mass is 28.2. The van der Waals surface area contributed by atoms with Crippen molar-refractivity contribution in [2.75, 3.05) is 6.61 Å². The van der Waals surface area contributed by atoms with Crippen LogP contribution in [-0.4, -0.2) is 28.5 Å². The average Bonchev–Trinajstić information content (AvgIpc) is 1.86. The second-order valence-electron chi connectivity index (χ2n) is 2.52. The number of carbonyl (C=O) groups excluding carboxylic acids is 1. The molecule has 1 amide bonds. The number of rotatable bonds is 3. The molecule has 0 aliphatic carbocycles. The van der Waals surface area contributed by atoms with Gasteiger partial charge >= 0.3 is 0 Å². The molecule has 0 aromatic rings. The van der Waals surface area contributed by atoms with Gasteiger partial charge < -0.3 is 9.72 Å². The molecule has 0 aliphatic heterocycles. The summed E-state index contributed by atoms with van der Waals surface area (Å²) in [7, 11) is 0.681. The van der Waals surface area contributed by atoms with Crippen LogP contribution in [0.4, 0.5) is 0 Å². The first-order valence-corrected chi connectivity index (χ1v) is 4.40. The lowest BCUT2D eigenvalue weighted by atomic mass is 10.1. The molecule has 4 heteroatoms. The summed E-state index contributed by atoms with van der Waals surface area (Å²) in [4.78, 5) is 13.7. The van der Waals surface area contributed by atoms with E-state index < -0.39 is 5.60 Å². The van der Waals surface area contributed by atoms with E-state index in [1.165, 1.54) is 0 Å². The first-order chi connectivity index (χ1) is 4.54. The van der Waals surface area contributed by atoms with E-state index in [4.69, 9.17) is 4.74 Å². The van der Waals surface area contributed by atoms with Crippen LogP contribution in [0.15, 0.2) is 0 Å². The number of carbonyl (C=O) groups is 1. The van der Waals surface area contributed by atoms with Crippen molar-refractivity contribution in [2.24, 2.45) is 0 Å². The molecule has 1 N–H and O–H groups in total. The summed E-state index contributed by atoms with van der Waals surface area (Å²) in [5.74, 6) is -0.0268. The average molecular weight is 161 g/mol. The Bertz CT molecular complexity index is 125. The zero-order chi connectivity index (χ0) is 8.20. The number of hydrogen-bond acceptors (Lipinski definition) is 2. The molecule has 0 saturated heterocycles. The third-order valence-electron chi connectivity index (χ3n) is 1.28. The molecule has 0 aromatic heterocycles. The fourth-order valence-electron chi connectivity index (χ4n) is 0.727. The minimum absolute atomic E-state index is 0.0268. The van der Waals surface area contributed by atoms with Crippen molar-refractivity contribution in [1.82, 2.24) is 4.98 Å². The standard InChI is InChI=1S/C6H15NO2Si/c1-4-9-6(2,3)5(8)7-10/h4H2,1-3,10H3,(H,7,8). The van der Waals surface area contributed by atoms with Crippen molar-refractivity contribution in [3.8, 4) is 0 Å². The zero-order valence-electron chi connectivity index (χ0n) is 7.02. The van der Waals surface area contributed by atoms with Gasteiger partial charge in [-0.25, -0.2) is 0 Å². The molecule has 0 saturated carbocycles. The minimum atomic E-state index is -0.656. The second-order valence-corrected chi connectivity index (χ2v) is 3.02. The lowest BCUT2D eigenvalue weighted by Crippen LogP contribution is -2.43. The smallest absolute Gasteiger partial charge is 0.243 e. The van der Waals surface area contributed by atoms with Gasteiger partial charge in [-0.1, -0.05) is 0 Å². The molecule has 0 aliphatic rings. The lowest BCUT2D eigenvalue weighted by molar-refractivity contribution is -0.140. The summed E-state index contributed by atoms with van der Waals surface area (Å²) in [5.41, 5.74) is -0.656. The summed E-state index contributed by atoms with van der Waals surface area (Å²) < 4.78 is 5.19. The van der Waals surface area contributed by atoms with Crippen LogP contribution in [0.3, 0.4) is 0 Å². The van der Waals surface area contributed by atoms with E-state index in [0.717, 1.165) is 0 Å². The number of nitrogens with one attached hydrogen (secondary N) is 1. The predicted molar refractivity (Wildman–Crippen MR) is 43.8 cm³/mol. The quantitative estimate of drug-likeness (QED) is 0.550. The molecule has 60 valence electrons. The predicted octanol–water partition coefficient (Wildman–Crippen LogP) is -0.802. The molecule has 3 nitrogen and oxygen atoms in total. The van der Waals surface area contributed by atoms with Gasteiger partial charge in [-0.3, -0.25) is 4.79 Å². The minimum Gasteiger partial charge on any atom is -0.388 e. The van der Waals surface area contributed by atoms with Gasteiger partial charge in [0.2, 0.25) is 5.91 Å². The molecule has 0 heterocycles. The van der Waals surface area contributed by atoms with E-state index in [0.29, 0.717) is 17.0 Å². The fourth-order valence-corrected chi connectivity index (χ4v) is 1.33. The van der Waals surface area contributed by atoms with Crippen LogP contribution in [0.25, 0.3) is 0 Å². The molecule has 0 radical (unpaired) electrons. The van der Waals surface area contributed by atoms with Crippen molar-refractivity contribution in [2.45, 2.75) is 26.4 Å². The lowest BCUT2D eigenvalue weighted by Gasteiger charge is -2.22. The van der Waals surface area contributed by atoms with Crippen molar-refractivity contribution in [3.05, 3.63) is 0 Å². The summed E-state index contributed by atoms with van der Waals surface area (Å²) in [6.45, 7) is 5.98. The Labute approximate surface area is 64.6 Å². The normalized spacial score (nSPS) is 11.5. The van der Waals surface area contributed by atoms with E-state index in [9.17, 15) is 4.79 Å². The van der Waals surface area contributed by atoms with Gasteiger partial charge in [-0.15, -0.1) is 0 Å². The Morgan fingerprint density at radius 3 is 2.50 bits per heavy atom. The van der Waals surface area contributed by atoms with Crippen LogP contribution in [0, 0.1) is 0 Å². The monoisotopic (exact) mass is 161 g/mol. The Kier molecular flexibility index (Phi) is 3.60. The summed E-state index contributed by atoms with van der Waals surface area (Å²) in [6.07, 6.45) is 0. The Balaban J connectivity index is 3.96. The third kappa shape index (κ3) is 2.49. The zero-order valence-corrected chi connectivity index (χ0v) is 9.02. The summed E-state index contributed by atoms with van der Waals surface area (Å²) in [6, 6.07) is 0. The molecule has 0 aromatic carbocycles. The van der Waals surface area contributed by atoms with E-state index in [1.807, 2.05) is 6.92 Å². The molecule has 0 fully saturated rings. The van der Waals surface area contributed by atoms with Crippen molar-refractivity contribution >= 4 is 16.3 Å². The fraction of sp³-hybridized carbons (Fsp3) is 0.833. The molecule has 0 unspecified atom stereocenters. The Morgan fingerprint density at radius 1 is 1.70 bits per heavy atom. The highest BCUT2D eigenvalue weighted by Gasteiger charge is 2.25. The molecule has 0 rings (SSSR count). The van der Waals surface area contributed by atoms with Gasteiger partial charge in [-0.05, 0) is 20.8 Å². The molecule has 10 heavy (non-hydrogen) atoms. The van der Waals surface area contributed by atoms with Crippen molar-refractivity contribution in [3.63, 3.8) is 0 Å². The molecule has 0 spiro atoms. The number of amides is 1.